The predicted octanol–water partition coefficient (Wildman–Crippen LogP) is 4.67. The van der Waals surface area contributed by atoms with Gasteiger partial charge < -0.3 is 9.67 Å². The lowest BCUT2D eigenvalue weighted by Crippen LogP contribution is -2.30. The maximum atomic E-state index is 13.5. The van der Waals surface area contributed by atoms with E-state index in [0.29, 0.717) is 5.56 Å². The summed E-state index contributed by atoms with van der Waals surface area (Å²) in [7, 11) is 1.43. The molecule has 1 heterocycles. The summed E-state index contributed by atoms with van der Waals surface area (Å²) < 4.78 is 41.6. The highest BCUT2D eigenvalue weighted by Gasteiger charge is 2.36. The molecule has 1 aromatic heterocycles. The Labute approximate surface area is 161 Å². The first-order valence-corrected chi connectivity index (χ1v) is 8.83. The lowest BCUT2D eigenvalue weighted by Gasteiger charge is -2.27. The molecule has 0 spiro atoms. The van der Waals surface area contributed by atoms with Gasteiger partial charge in [0.15, 0.2) is 0 Å². The first-order valence-electron chi connectivity index (χ1n) is 8.83. The number of aliphatic carboxylic acids is 1. The van der Waals surface area contributed by atoms with Crippen molar-refractivity contribution in [3.63, 3.8) is 0 Å². The zero-order chi connectivity index (χ0) is 21.4. The average molecular weight is 395 g/mol. The molecule has 4 nitrogen and oxygen atoms in total. The SMILES string of the molecule is Cc1cc(C(F)(F)F)c(-c2ccc(CC(C(=O)O)C(C)(C)C)cc2)c(=O)n1C. The van der Waals surface area contributed by atoms with E-state index in [1.807, 2.05) is 20.8 Å². The van der Waals surface area contributed by atoms with Crippen LogP contribution in [-0.4, -0.2) is 15.6 Å². The Morgan fingerprint density at radius 2 is 1.68 bits per heavy atom. The Hall–Kier alpha value is -2.57. The fourth-order valence-electron chi connectivity index (χ4n) is 3.13. The second-order valence-electron chi connectivity index (χ2n) is 8.09. The number of benzene rings is 1. The molecule has 2 rings (SSSR count). The standard InChI is InChI=1S/C21H24F3NO3/c1-12-10-15(21(22,23)24)17(18(26)25(12)5)14-8-6-13(7-9-14)11-16(19(27)28)20(2,3)4/h6-10,16H,11H2,1-5H3,(H,27,28). The molecule has 0 amide bonds. The summed E-state index contributed by atoms with van der Waals surface area (Å²) in [4.78, 5) is 24.1. The Bertz CT molecular complexity index is 936. The summed E-state index contributed by atoms with van der Waals surface area (Å²) in [6.07, 6.45) is -4.41. The van der Waals surface area contributed by atoms with Gasteiger partial charge in [0, 0.05) is 12.7 Å². The first kappa shape index (κ1) is 21.7. The van der Waals surface area contributed by atoms with Gasteiger partial charge in [-0.3, -0.25) is 9.59 Å². The Morgan fingerprint density at radius 1 is 1.14 bits per heavy atom. The topological polar surface area (TPSA) is 59.3 Å². The molecule has 0 aliphatic heterocycles. The fourth-order valence-corrected chi connectivity index (χ4v) is 3.13. The smallest absolute Gasteiger partial charge is 0.417 e. The van der Waals surface area contributed by atoms with Crippen LogP contribution in [0.2, 0.25) is 0 Å². The Morgan fingerprint density at radius 3 is 2.11 bits per heavy atom. The third-order valence-electron chi connectivity index (χ3n) is 5.00. The van der Waals surface area contributed by atoms with Crippen LogP contribution in [0.3, 0.4) is 0 Å². The molecule has 1 unspecified atom stereocenters. The molecular formula is C21H24F3NO3. The monoisotopic (exact) mass is 395 g/mol. The molecule has 0 bridgehead atoms. The van der Waals surface area contributed by atoms with E-state index in [1.54, 1.807) is 12.1 Å². The average Bonchev–Trinajstić information content (AvgIpc) is 2.56. The van der Waals surface area contributed by atoms with E-state index in [9.17, 15) is 27.9 Å². The molecule has 1 N–H and O–H groups in total. The van der Waals surface area contributed by atoms with E-state index in [0.717, 1.165) is 6.07 Å². The van der Waals surface area contributed by atoms with Gasteiger partial charge in [-0.15, -0.1) is 0 Å². The highest BCUT2D eigenvalue weighted by Crippen LogP contribution is 2.36. The summed E-state index contributed by atoms with van der Waals surface area (Å²) in [5, 5.41) is 9.45. The molecule has 1 aromatic carbocycles. The van der Waals surface area contributed by atoms with E-state index in [4.69, 9.17) is 0 Å². The van der Waals surface area contributed by atoms with Gasteiger partial charge in [-0.1, -0.05) is 45.0 Å². The second kappa shape index (κ2) is 7.45. The number of carbonyl (C=O) groups is 1. The molecular weight excluding hydrogens is 371 g/mol. The van der Waals surface area contributed by atoms with Crippen molar-refractivity contribution in [3.05, 3.63) is 57.5 Å². The number of aryl methyl sites for hydroxylation is 1. The summed E-state index contributed by atoms with van der Waals surface area (Å²) in [5.41, 5.74) is -1.52. The highest BCUT2D eigenvalue weighted by atomic mass is 19.4. The number of nitrogens with zero attached hydrogens (tertiary/aromatic N) is 1. The predicted molar refractivity (Wildman–Crippen MR) is 101 cm³/mol. The zero-order valence-corrected chi connectivity index (χ0v) is 16.5. The van der Waals surface area contributed by atoms with Crippen molar-refractivity contribution in [2.45, 2.75) is 40.3 Å². The molecule has 0 saturated heterocycles. The minimum absolute atomic E-state index is 0.152. The number of carboxylic acid groups (broad SMARTS) is 1. The van der Waals surface area contributed by atoms with Crippen molar-refractivity contribution in [2.24, 2.45) is 18.4 Å². The number of pyridine rings is 1. The number of carboxylic acids is 1. The van der Waals surface area contributed by atoms with Crippen molar-refractivity contribution in [3.8, 4) is 11.1 Å². The molecule has 152 valence electrons. The van der Waals surface area contributed by atoms with Crippen LogP contribution in [0.5, 0.6) is 0 Å². The fraction of sp³-hybridized carbons (Fsp3) is 0.429. The molecule has 2 aromatic rings. The molecule has 7 heteroatoms. The highest BCUT2D eigenvalue weighted by molar-refractivity contribution is 5.72. The van der Waals surface area contributed by atoms with E-state index < -0.39 is 40.2 Å². The van der Waals surface area contributed by atoms with Gasteiger partial charge in [0.2, 0.25) is 0 Å². The first-order chi connectivity index (χ1) is 12.7. The molecule has 0 saturated carbocycles. The van der Waals surface area contributed by atoms with Crippen molar-refractivity contribution in [1.29, 1.82) is 0 Å². The maximum absolute atomic E-state index is 13.5. The van der Waals surface area contributed by atoms with Gasteiger partial charge in [0.1, 0.15) is 0 Å². The van der Waals surface area contributed by atoms with Gasteiger partial charge in [-0.25, -0.2) is 0 Å². The van der Waals surface area contributed by atoms with Crippen LogP contribution in [0.15, 0.2) is 35.1 Å². The Balaban J connectivity index is 2.51. The van der Waals surface area contributed by atoms with Crippen LogP contribution in [0.25, 0.3) is 11.1 Å². The zero-order valence-electron chi connectivity index (χ0n) is 16.5. The summed E-state index contributed by atoms with van der Waals surface area (Å²) >= 11 is 0. The third-order valence-corrected chi connectivity index (χ3v) is 5.00. The third kappa shape index (κ3) is 4.46. The molecule has 28 heavy (non-hydrogen) atoms. The molecule has 0 aliphatic carbocycles. The van der Waals surface area contributed by atoms with E-state index in [-0.39, 0.29) is 17.7 Å². The maximum Gasteiger partial charge on any atom is 0.417 e. The van der Waals surface area contributed by atoms with Crippen molar-refractivity contribution in [2.75, 3.05) is 0 Å². The van der Waals surface area contributed by atoms with Crippen LogP contribution in [0.1, 0.15) is 37.6 Å². The largest absolute Gasteiger partial charge is 0.481 e. The van der Waals surface area contributed by atoms with E-state index in [2.05, 4.69) is 0 Å². The number of halogens is 3. The molecule has 0 aliphatic rings. The van der Waals surface area contributed by atoms with Crippen LogP contribution in [0.4, 0.5) is 13.2 Å². The van der Waals surface area contributed by atoms with Gasteiger partial charge in [0.05, 0.1) is 17.0 Å². The second-order valence-corrected chi connectivity index (χ2v) is 8.09. The van der Waals surface area contributed by atoms with Gasteiger partial charge in [-0.2, -0.15) is 13.2 Å². The van der Waals surface area contributed by atoms with Crippen molar-refractivity contribution in [1.82, 2.24) is 4.57 Å². The molecule has 0 fully saturated rings. The normalized spacial score (nSPS) is 13.4. The van der Waals surface area contributed by atoms with Crippen LogP contribution >= 0.6 is 0 Å². The summed E-state index contributed by atoms with van der Waals surface area (Å²) in [6.45, 7) is 6.92. The quantitative estimate of drug-likeness (QED) is 0.819. The number of hydrogen-bond acceptors (Lipinski definition) is 2. The van der Waals surface area contributed by atoms with Crippen LogP contribution in [0, 0.1) is 18.3 Å². The lowest BCUT2D eigenvalue weighted by molar-refractivity contribution is -0.145. The number of alkyl halides is 3. The van der Waals surface area contributed by atoms with Gasteiger partial charge in [-0.05, 0) is 36.0 Å². The van der Waals surface area contributed by atoms with E-state index >= 15 is 0 Å². The number of aromatic nitrogens is 1. The number of rotatable bonds is 4. The van der Waals surface area contributed by atoms with E-state index in [1.165, 1.54) is 30.7 Å². The van der Waals surface area contributed by atoms with Crippen molar-refractivity contribution < 1.29 is 23.1 Å². The van der Waals surface area contributed by atoms with Gasteiger partial charge in [0.25, 0.3) is 5.56 Å². The summed E-state index contributed by atoms with van der Waals surface area (Å²) in [5.74, 6) is -1.57. The minimum Gasteiger partial charge on any atom is -0.481 e. The molecule has 0 radical (unpaired) electrons. The van der Waals surface area contributed by atoms with Crippen LogP contribution in [-0.2, 0) is 24.4 Å². The minimum atomic E-state index is -4.66. The van der Waals surface area contributed by atoms with Crippen molar-refractivity contribution >= 4 is 5.97 Å². The number of hydrogen-bond donors (Lipinski definition) is 1. The van der Waals surface area contributed by atoms with Gasteiger partial charge >= 0.3 is 12.1 Å². The lowest BCUT2D eigenvalue weighted by atomic mass is 9.77. The molecule has 1 atom stereocenters. The summed E-state index contributed by atoms with van der Waals surface area (Å²) in [6, 6.07) is 7.01. The van der Waals surface area contributed by atoms with Crippen LogP contribution < -0.4 is 5.56 Å². The Kier molecular flexibility index (Phi) is 5.78.